The summed E-state index contributed by atoms with van der Waals surface area (Å²) < 4.78 is 45.5. The fraction of sp³-hybridized carbons (Fsp3) is 0.526. The van der Waals surface area contributed by atoms with E-state index in [0.29, 0.717) is 59.4 Å². The van der Waals surface area contributed by atoms with Crippen LogP contribution in [-0.4, -0.2) is 106 Å². The number of halogens is 2. The molecule has 0 radical (unpaired) electrons. The molecule has 2 saturated heterocycles. The van der Waals surface area contributed by atoms with E-state index < -0.39 is 6.43 Å². The van der Waals surface area contributed by atoms with Crippen molar-refractivity contribution in [2.75, 3.05) is 56.2 Å². The van der Waals surface area contributed by atoms with E-state index in [-0.39, 0.29) is 51.8 Å². The van der Waals surface area contributed by atoms with Crippen molar-refractivity contribution >= 4 is 29.0 Å². The summed E-state index contributed by atoms with van der Waals surface area (Å²) in [5, 5.41) is 22.4. The van der Waals surface area contributed by atoms with Crippen molar-refractivity contribution in [2.24, 2.45) is 23.3 Å². The largest absolute Gasteiger partial charge is 0.495 e. The number of methoxy groups -OCH3 is 1. The van der Waals surface area contributed by atoms with E-state index >= 15 is 0 Å². The Morgan fingerprint density at radius 1 is 0.932 bits per heavy atom. The number of hydrogen-bond donors (Lipinski definition) is 1. The number of alkyl halides is 2. The van der Waals surface area contributed by atoms with Gasteiger partial charge in [-0.05, 0) is 117 Å². The number of benzene rings is 3. The summed E-state index contributed by atoms with van der Waals surface area (Å²) in [7, 11) is 3.34. The van der Waals surface area contributed by atoms with Gasteiger partial charge in [0.15, 0.2) is 5.82 Å². The fourth-order valence-electron chi connectivity index (χ4n) is 13.9. The Bertz CT molecular complexity index is 2960. The molecule has 0 unspecified atom stereocenters. The number of anilines is 3. The third-order valence-corrected chi connectivity index (χ3v) is 17.8. The molecule has 4 aliphatic heterocycles. The van der Waals surface area contributed by atoms with Gasteiger partial charge in [0.2, 0.25) is 5.91 Å². The second-order valence-electron chi connectivity index (χ2n) is 23.0. The molecule has 11 rings (SSSR count). The summed E-state index contributed by atoms with van der Waals surface area (Å²) in [4.78, 5) is 35.6. The molecule has 2 amide bonds. The summed E-state index contributed by atoms with van der Waals surface area (Å²) >= 11 is 0. The van der Waals surface area contributed by atoms with Crippen molar-refractivity contribution in [3.05, 3.63) is 101 Å². The Balaban J connectivity index is 0.712. The van der Waals surface area contributed by atoms with Crippen LogP contribution in [0.15, 0.2) is 67.0 Å². The van der Waals surface area contributed by atoms with Crippen molar-refractivity contribution in [3.63, 3.8) is 0 Å². The van der Waals surface area contributed by atoms with Crippen molar-refractivity contribution in [3.8, 4) is 28.7 Å². The summed E-state index contributed by atoms with van der Waals surface area (Å²) in [6, 6.07) is 19.6. The molecule has 3 aromatic carbocycles. The van der Waals surface area contributed by atoms with E-state index in [9.17, 15) is 23.6 Å². The quantitative estimate of drug-likeness (QED) is 0.136. The van der Waals surface area contributed by atoms with Gasteiger partial charge in [-0.15, -0.1) is 0 Å². The van der Waals surface area contributed by atoms with Crippen LogP contribution in [0, 0.1) is 27.6 Å². The first-order valence-electron chi connectivity index (χ1n) is 26.2. The van der Waals surface area contributed by atoms with E-state index in [2.05, 4.69) is 75.7 Å². The molecule has 384 valence electrons. The maximum atomic E-state index is 14.8. The van der Waals surface area contributed by atoms with E-state index in [0.717, 1.165) is 99.4 Å². The number of nitriles is 1. The molecule has 0 atom stereocenters. The Morgan fingerprint density at radius 2 is 1.68 bits per heavy atom. The smallest absolute Gasteiger partial charge is 0.264 e. The Morgan fingerprint density at radius 3 is 2.36 bits per heavy atom. The van der Waals surface area contributed by atoms with Crippen molar-refractivity contribution < 1.29 is 27.8 Å². The zero-order chi connectivity index (χ0) is 51.1. The Labute approximate surface area is 427 Å². The highest BCUT2D eigenvalue weighted by Gasteiger charge is 2.64. The molecular formula is C57H68F2N10O4. The maximum absolute atomic E-state index is 14.8. The fourth-order valence-corrected chi connectivity index (χ4v) is 13.9. The number of aryl methyl sites for hydroxylation is 2. The highest BCUT2D eigenvalue weighted by atomic mass is 19.3. The summed E-state index contributed by atoms with van der Waals surface area (Å²) in [5.41, 5.74) is 7.03. The van der Waals surface area contributed by atoms with E-state index in [1.54, 1.807) is 62.4 Å². The van der Waals surface area contributed by atoms with E-state index in [4.69, 9.17) is 14.6 Å². The second kappa shape index (κ2) is 18.5. The predicted molar refractivity (Wildman–Crippen MR) is 275 cm³/mol. The summed E-state index contributed by atoms with van der Waals surface area (Å²) in [6.45, 7) is 16.0. The average Bonchev–Trinajstić information content (AvgIpc) is 4.11. The summed E-state index contributed by atoms with van der Waals surface area (Å²) in [6.07, 6.45) is 8.52. The maximum Gasteiger partial charge on any atom is 0.264 e. The predicted octanol–water partition coefficient (Wildman–Crippen LogP) is 9.40. The van der Waals surface area contributed by atoms with Crippen LogP contribution in [0.25, 0.3) is 11.1 Å². The van der Waals surface area contributed by atoms with E-state index in [1.165, 1.54) is 12.1 Å². The highest BCUT2D eigenvalue weighted by molar-refractivity contribution is 5.95. The first kappa shape index (κ1) is 48.8. The van der Waals surface area contributed by atoms with Gasteiger partial charge in [0.25, 0.3) is 12.3 Å². The number of rotatable bonds is 11. The lowest BCUT2D eigenvalue weighted by Crippen LogP contribution is -2.74. The molecule has 5 aromatic rings. The monoisotopic (exact) mass is 995 g/mol. The third kappa shape index (κ3) is 8.58. The molecule has 14 nitrogen and oxygen atoms in total. The standard InChI is InChI=1S/C57H68F2N10O4/c1-35(70)65-23-18-47-46(33-65)51(68-22-8-9-37-25-44(39-29-61-64(6)30-39)45(50(58)59)27-48(37)68)63-69(47)41-16-19-57(20-17-41)21-24-66(34-57)42-31-67(32-42)40-13-10-36(11-14-40)52(71)62-53-55(2,3)54(56(53,4)5)73-43-15-12-38(28-60)49(26-43)72-7/h10-15,25-27,29-30,41-42,50,53-54H,8-9,16-24,31-34H2,1-7H3,(H,62,71). The van der Waals surface area contributed by atoms with Crippen LogP contribution in [0.5, 0.6) is 11.5 Å². The lowest BCUT2D eigenvalue weighted by molar-refractivity contribution is -0.164. The van der Waals surface area contributed by atoms with Gasteiger partial charge < -0.3 is 29.5 Å². The zero-order valence-electron chi connectivity index (χ0n) is 43.3. The van der Waals surface area contributed by atoms with Crippen LogP contribution in [0.1, 0.15) is 124 Å². The van der Waals surface area contributed by atoms with Gasteiger partial charge in [0.05, 0.1) is 31.5 Å². The molecule has 2 aromatic heterocycles. The molecule has 4 fully saturated rings. The van der Waals surface area contributed by atoms with Crippen LogP contribution in [0.2, 0.25) is 0 Å². The minimum atomic E-state index is -2.65. The molecule has 6 aliphatic rings. The molecule has 16 heteroatoms. The molecule has 0 bridgehead atoms. The lowest BCUT2D eigenvalue weighted by Gasteiger charge is -2.63. The Hall–Kier alpha value is -6.47. The zero-order valence-corrected chi connectivity index (χ0v) is 43.3. The number of ether oxygens (including phenoxy) is 2. The number of nitrogens with zero attached hydrogens (tertiary/aromatic N) is 9. The lowest BCUT2D eigenvalue weighted by atomic mass is 9.49. The Kier molecular flexibility index (Phi) is 12.3. The van der Waals surface area contributed by atoms with Crippen molar-refractivity contribution in [1.82, 2.24) is 34.7 Å². The van der Waals surface area contributed by atoms with E-state index in [1.807, 2.05) is 23.1 Å². The first-order chi connectivity index (χ1) is 35.0. The molecular weight excluding hydrogens is 927 g/mol. The number of nitrogens with one attached hydrogen (secondary N) is 1. The normalized spacial score (nSPS) is 22.3. The molecule has 6 heterocycles. The van der Waals surface area contributed by atoms with Gasteiger partial charge in [-0.25, -0.2) is 8.78 Å². The molecule has 2 saturated carbocycles. The minimum Gasteiger partial charge on any atom is -0.495 e. The van der Waals surface area contributed by atoms with Gasteiger partial charge in [-0.2, -0.15) is 15.5 Å². The molecule has 73 heavy (non-hydrogen) atoms. The summed E-state index contributed by atoms with van der Waals surface area (Å²) in [5.74, 6) is 1.84. The number of amides is 2. The topological polar surface area (TPSA) is 137 Å². The van der Waals surface area contributed by atoms with Crippen LogP contribution >= 0.6 is 0 Å². The highest BCUT2D eigenvalue weighted by Crippen LogP contribution is 2.56. The molecule has 1 spiro atoms. The second-order valence-corrected chi connectivity index (χ2v) is 23.0. The number of aromatic nitrogens is 4. The number of hydrogen-bond acceptors (Lipinski definition) is 10. The van der Waals surface area contributed by atoms with Gasteiger partial charge in [-0.3, -0.25) is 23.9 Å². The van der Waals surface area contributed by atoms with Gasteiger partial charge >= 0.3 is 0 Å². The van der Waals surface area contributed by atoms with Crippen LogP contribution in [-0.2, 0) is 31.2 Å². The first-order valence-corrected chi connectivity index (χ1v) is 26.2. The minimum absolute atomic E-state index is 0.00419. The van der Waals surface area contributed by atoms with Gasteiger partial charge in [0.1, 0.15) is 23.7 Å². The number of carbonyl (C=O) groups excluding carboxylic acids is 2. The number of likely N-dealkylation sites (tertiary alicyclic amines) is 1. The van der Waals surface area contributed by atoms with Gasteiger partial charge in [0, 0.05) is 128 Å². The molecule has 1 N–H and O–H groups in total. The number of fused-ring (bicyclic) bond motifs is 2. The third-order valence-electron chi connectivity index (χ3n) is 17.8. The average molecular weight is 995 g/mol. The van der Waals surface area contributed by atoms with Crippen LogP contribution in [0.4, 0.5) is 26.0 Å². The van der Waals surface area contributed by atoms with Gasteiger partial charge in [-0.1, -0.05) is 27.7 Å². The van der Waals surface area contributed by atoms with Crippen molar-refractivity contribution in [1.29, 1.82) is 5.26 Å². The molecule has 2 aliphatic carbocycles. The van der Waals surface area contributed by atoms with Crippen LogP contribution < -0.4 is 24.6 Å². The SMILES string of the molecule is COc1cc(OC2C(C)(C)C(NC(=O)c3ccc(N4CC(N5CCC6(CCC(n7nc(N8CCCc9cc(-c%10cnn(C)c%10)c(C(F)F)cc98)c8c7CCN(C(C)=O)C8)CC6)C5)C4)cc3)C2(C)C)ccc1C#N. The van der Waals surface area contributed by atoms with Crippen LogP contribution in [0.3, 0.4) is 0 Å². The van der Waals surface area contributed by atoms with Crippen molar-refractivity contribution in [2.45, 2.75) is 123 Å². The number of carbonyl (C=O) groups is 2.